The number of hydrogen-bond donors (Lipinski definition) is 0. The van der Waals surface area contributed by atoms with Gasteiger partial charge in [0.25, 0.3) is 0 Å². The summed E-state index contributed by atoms with van der Waals surface area (Å²) < 4.78 is 5.82. The molecule has 0 saturated carbocycles. The zero-order valence-electron chi connectivity index (χ0n) is 15.4. The molecule has 0 amide bonds. The van der Waals surface area contributed by atoms with Crippen LogP contribution in [0.4, 0.5) is 0 Å². The topological polar surface area (TPSA) is 81.9 Å². The van der Waals surface area contributed by atoms with Crippen LogP contribution in [0.5, 0.6) is 0 Å². The van der Waals surface area contributed by atoms with Crippen LogP contribution in [0.1, 0.15) is 17.5 Å². The van der Waals surface area contributed by atoms with Gasteiger partial charge in [0.2, 0.25) is 5.82 Å². The molecule has 9 heteroatoms. The van der Waals surface area contributed by atoms with E-state index in [2.05, 4.69) is 66.0 Å². The largest absolute Gasteiger partial charge is 0.367 e. The summed E-state index contributed by atoms with van der Waals surface area (Å²) in [7, 11) is 1.76. The van der Waals surface area contributed by atoms with Crippen LogP contribution in [-0.4, -0.2) is 54.8 Å². The smallest absolute Gasteiger partial charge is 0.204 e. The number of nitrogens with zero attached hydrogens (tertiary/aromatic N) is 7. The van der Waals surface area contributed by atoms with Gasteiger partial charge >= 0.3 is 0 Å². The quantitative estimate of drug-likeness (QED) is 0.527. The summed E-state index contributed by atoms with van der Waals surface area (Å²) in [5, 5.41) is 15.4. The van der Waals surface area contributed by atoms with Crippen molar-refractivity contribution in [2.75, 3.05) is 19.7 Å². The van der Waals surface area contributed by atoms with E-state index in [4.69, 9.17) is 4.74 Å². The summed E-state index contributed by atoms with van der Waals surface area (Å²) in [6.07, 6.45) is 1.51. The highest BCUT2D eigenvalue weighted by atomic mass is 32.1. The molecule has 1 fully saturated rings. The maximum atomic E-state index is 5.82. The second-order valence-corrected chi connectivity index (χ2v) is 7.68. The van der Waals surface area contributed by atoms with Crippen LogP contribution in [0.2, 0.25) is 0 Å². The molecule has 1 aromatic carbocycles. The number of ether oxygens (including phenoxy) is 1. The van der Waals surface area contributed by atoms with Crippen molar-refractivity contribution in [3.8, 4) is 11.3 Å². The summed E-state index contributed by atoms with van der Waals surface area (Å²) in [6.45, 7) is 3.17. The van der Waals surface area contributed by atoms with Gasteiger partial charge in [0.1, 0.15) is 17.3 Å². The van der Waals surface area contributed by atoms with E-state index in [9.17, 15) is 0 Å². The van der Waals surface area contributed by atoms with Gasteiger partial charge < -0.3 is 4.74 Å². The van der Waals surface area contributed by atoms with E-state index < -0.39 is 0 Å². The Bertz CT molecular complexity index is 1090. The van der Waals surface area contributed by atoms with Gasteiger partial charge in [-0.15, -0.1) is 21.5 Å². The zero-order valence-corrected chi connectivity index (χ0v) is 16.2. The van der Waals surface area contributed by atoms with Crippen molar-refractivity contribution >= 4 is 21.6 Å². The molecule has 3 aromatic heterocycles. The van der Waals surface area contributed by atoms with Gasteiger partial charge in [0.15, 0.2) is 0 Å². The van der Waals surface area contributed by atoms with Crippen molar-refractivity contribution in [3.63, 3.8) is 0 Å². The van der Waals surface area contributed by atoms with Gasteiger partial charge in [-0.1, -0.05) is 24.3 Å². The number of morpholine rings is 1. The molecule has 0 spiro atoms. The fourth-order valence-corrected chi connectivity index (χ4v) is 4.21. The van der Waals surface area contributed by atoms with Gasteiger partial charge in [0.05, 0.1) is 19.3 Å². The summed E-state index contributed by atoms with van der Waals surface area (Å²) >= 11 is 1.64. The molecule has 1 aliphatic heterocycles. The van der Waals surface area contributed by atoms with Crippen molar-refractivity contribution < 1.29 is 4.74 Å². The molecule has 0 radical (unpaired) electrons. The molecule has 8 nitrogen and oxygen atoms in total. The number of hydrogen-bond acceptors (Lipinski definition) is 8. The number of aromatic nitrogens is 6. The van der Waals surface area contributed by atoms with Crippen LogP contribution >= 0.6 is 11.3 Å². The van der Waals surface area contributed by atoms with E-state index in [0.29, 0.717) is 12.4 Å². The van der Waals surface area contributed by atoms with Gasteiger partial charge in [0, 0.05) is 30.6 Å². The Balaban J connectivity index is 1.30. The Labute approximate surface area is 165 Å². The van der Waals surface area contributed by atoms with Crippen molar-refractivity contribution in [3.05, 3.63) is 53.4 Å². The van der Waals surface area contributed by atoms with Gasteiger partial charge in [-0.25, -0.2) is 9.97 Å². The molecule has 0 N–H and O–H groups in total. The minimum Gasteiger partial charge on any atom is -0.367 e. The van der Waals surface area contributed by atoms with Gasteiger partial charge in [-0.3, -0.25) is 4.90 Å². The Kier molecular flexibility index (Phi) is 4.55. The third-order valence-electron chi connectivity index (χ3n) is 4.86. The molecule has 1 atom stereocenters. The first-order valence-electron chi connectivity index (χ1n) is 9.11. The Morgan fingerprint density at radius 1 is 1.18 bits per heavy atom. The van der Waals surface area contributed by atoms with E-state index in [-0.39, 0.29) is 6.10 Å². The zero-order chi connectivity index (χ0) is 18.9. The van der Waals surface area contributed by atoms with E-state index in [1.165, 1.54) is 10.4 Å². The molecule has 4 heterocycles. The fraction of sp³-hybridized carbons (Fsp3) is 0.316. The molecule has 0 bridgehead atoms. The average Bonchev–Trinajstić information content (AvgIpc) is 3.37. The molecule has 142 valence electrons. The van der Waals surface area contributed by atoms with Crippen molar-refractivity contribution in [1.29, 1.82) is 0 Å². The van der Waals surface area contributed by atoms with Crippen LogP contribution in [0.25, 0.3) is 21.5 Å². The number of thiophene rings is 1. The summed E-state index contributed by atoms with van der Waals surface area (Å²) in [5.41, 5.74) is 3.35. The van der Waals surface area contributed by atoms with E-state index in [0.717, 1.165) is 41.1 Å². The normalized spacial score (nSPS) is 18.0. The number of tetrazole rings is 1. The first-order chi connectivity index (χ1) is 13.8. The Morgan fingerprint density at radius 3 is 2.89 bits per heavy atom. The molecule has 5 rings (SSSR count). The van der Waals surface area contributed by atoms with Gasteiger partial charge in [-0.05, 0) is 22.2 Å². The molecule has 1 aliphatic rings. The lowest BCUT2D eigenvalue weighted by Crippen LogP contribution is -2.38. The Morgan fingerprint density at radius 2 is 2.07 bits per heavy atom. The molecule has 4 aromatic rings. The van der Waals surface area contributed by atoms with E-state index >= 15 is 0 Å². The predicted molar refractivity (Wildman–Crippen MR) is 106 cm³/mol. The average molecular weight is 393 g/mol. The van der Waals surface area contributed by atoms with Crippen LogP contribution in [0, 0.1) is 0 Å². The fourth-order valence-electron chi connectivity index (χ4n) is 3.48. The number of aryl methyl sites for hydroxylation is 1. The van der Waals surface area contributed by atoms with Crippen molar-refractivity contribution in [1.82, 2.24) is 35.1 Å². The third kappa shape index (κ3) is 3.39. The molecule has 28 heavy (non-hydrogen) atoms. The number of fused-ring (bicyclic) bond motifs is 1. The van der Waals surface area contributed by atoms with Crippen molar-refractivity contribution in [2.24, 2.45) is 7.05 Å². The molecular formula is C19H19N7OS. The minimum absolute atomic E-state index is 0.130. The van der Waals surface area contributed by atoms with Crippen LogP contribution in [-0.2, 0) is 18.3 Å². The SMILES string of the molecule is Cn1nnc(C2CN(Cc3ccc(-c4ncnc5sccc45)cc3)CCO2)n1. The summed E-state index contributed by atoms with van der Waals surface area (Å²) in [5.74, 6) is 0.645. The molecular weight excluding hydrogens is 374 g/mol. The maximum absolute atomic E-state index is 5.82. The van der Waals surface area contributed by atoms with E-state index in [1.807, 2.05) is 0 Å². The second kappa shape index (κ2) is 7.34. The first kappa shape index (κ1) is 17.4. The lowest BCUT2D eigenvalue weighted by molar-refractivity contribution is -0.0373. The van der Waals surface area contributed by atoms with Crippen LogP contribution in [0.15, 0.2) is 42.0 Å². The first-order valence-corrected chi connectivity index (χ1v) is 9.99. The number of benzene rings is 1. The van der Waals surface area contributed by atoms with Crippen LogP contribution in [0.3, 0.4) is 0 Å². The Hall–Kier alpha value is -2.75. The second-order valence-electron chi connectivity index (χ2n) is 6.79. The minimum atomic E-state index is -0.130. The highest BCUT2D eigenvalue weighted by molar-refractivity contribution is 7.16. The van der Waals surface area contributed by atoms with Crippen molar-refractivity contribution in [2.45, 2.75) is 12.6 Å². The highest BCUT2D eigenvalue weighted by Crippen LogP contribution is 2.28. The van der Waals surface area contributed by atoms with Gasteiger partial charge in [-0.2, -0.15) is 4.80 Å². The molecule has 0 aliphatic carbocycles. The maximum Gasteiger partial charge on any atom is 0.204 e. The number of rotatable bonds is 4. The third-order valence-corrected chi connectivity index (χ3v) is 5.68. The highest BCUT2D eigenvalue weighted by Gasteiger charge is 2.25. The van der Waals surface area contributed by atoms with Crippen LogP contribution < -0.4 is 0 Å². The standard InChI is InChI=1S/C19H19N7OS/c1-25-23-18(22-24-25)16-11-26(7-8-27-16)10-13-2-4-14(5-3-13)17-15-6-9-28-19(15)21-12-20-17/h2-6,9,12,16H,7-8,10-11H2,1H3. The lowest BCUT2D eigenvalue weighted by atomic mass is 10.1. The molecule has 1 unspecified atom stereocenters. The summed E-state index contributed by atoms with van der Waals surface area (Å²) in [6, 6.07) is 10.7. The lowest BCUT2D eigenvalue weighted by Gasteiger charge is -2.31. The predicted octanol–water partition coefficient (Wildman–Crippen LogP) is 2.46. The molecule has 1 saturated heterocycles. The van der Waals surface area contributed by atoms with E-state index in [1.54, 1.807) is 24.7 Å². The summed E-state index contributed by atoms with van der Waals surface area (Å²) in [4.78, 5) is 13.7. The monoisotopic (exact) mass is 393 g/mol.